The van der Waals surface area contributed by atoms with Crippen LogP contribution in [0.2, 0.25) is 0 Å². The third-order valence-corrected chi connectivity index (χ3v) is 7.60. The van der Waals surface area contributed by atoms with Gasteiger partial charge < -0.3 is 13.9 Å². The van der Waals surface area contributed by atoms with E-state index in [4.69, 9.17) is 13.9 Å². The van der Waals surface area contributed by atoms with Gasteiger partial charge in [0.15, 0.2) is 11.5 Å². The monoisotopic (exact) mass is 520 g/mol. The van der Waals surface area contributed by atoms with Gasteiger partial charge in [0.25, 0.3) is 15.9 Å². The van der Waals surface area contributed by atoms with Crippen LogP contribution in [-0.4, -0.2) is 44.3 Å². The van der Waals surface area contributed by atoms with Crippen molar-refractivity contribution in [1.82, 2.24) is 10.2 Å². The Bertz CT molecular complexity index is 1500. The zero-order valence-corrected chi connectivity index (χ0v) is 20.8. The second-order valence-corrected chi connectivity index (χ2v) is 10.0. The Balaban J connectivity index is 1.25. The fourth-order valence-corrected chi connectivity index (χ4v) is 5.38. The second-order valence-electron chi connectivity index (χ2n) is 8.14. The van der Waals surface area contributed by atoms with E-state index in [2.05, 4.69) is 15.5 Å². The Morgan fingerprint density at radius 3 is 2.41 bits per heavy atom. The standard InChI is InChI=1S/C26H24N4O6S/c1-2-30(20-6-4-3-5-7-20)37(32,33)21-11-9-19(10-12-21)25(31)27-26-29-28-24(36-26)17-18-8-13-22-23(16-18)35-15-14-34-22/h3-13,16H,2,14-15,17H2,1H3,(H,27,29,31). The summed E-state index contributed by atoms with van der Waals surface area (Å²) in [4.78, 5) is 12.8. The van der Waals surface area contributed by atoms with Gasteiger partial charge in [-0.2, -0.15) is 0 Å². The number of rotatable bonds is 8. The molecule has 2 heterocycles. The third-order valence-electron chi connectivity index (χ3n) is 5.69. The molecule has 0 bridgehead atoms. The first-order valence-electron chi connectivity index (χ1n) is 11.6. The molecule has 1 aromatic heterocycles. The van der Waals surface area contributed by atoms with E-state index in [0.717, 1.165) is 5.56 Å². The van der Waals surface area contributed by atoms with E-state index >= 15 is 0 Å². The summed E-state index contributed by atoms with van der Waals surface area (Å²) in [6, 6.07) is 20.0. The van der Waals surface area contributed by atoms with Gasteiger partial charge >= 0.3 is 6.01 Å². The summed E-state index contributed by atoms with van der Waals surface area (Å²) in [6.45, 7) is 3.03. The first-order valence-corrected chi connectivity index (χ1v) is 13.1. The van der Waals surface area contributed by atoms with Crippen molar-refractivity contribution in [2.75, 3.05) is 29.4 Å². The van der Waals surface area contributed by atoms with Crippen LogP contribution in [0.4, 0.5) is 11.7 Å². The van der Waals surface area contributed by atoms with Crippen molar-refractivity contribution < 1.29 is 27.1 Å². The number of sulfonamides is 1. The molecule has 1 aliphatic rings. The topological polar surface area (TPSA) is 124 Å². The van der Waals surface area contributed by atoms with E-state index < -0.39 is 15.9 Å². The summed E-state index contributed by atoms with van der Waals surface area (Å²) in [5, 5.41) is 10.4. The van der Waals surface area contributed by atoms with E-state index in [9.17, 15) is 13.2 Å². The van der Waals surface area contributed by atoms with Gasteiger partial charge in [-0.25, -0.2) is 8.42 Å². The number of nitrogens with one attached hydrogen (secondary N) is 1. The van der Waals surface area contributed by atoms with Crippen LogP contribution in [0.15, 0.2) is 82.1 Å². The fourth-order valence-electron chi connectivity index (χ4n) is 3.91. The predicted octanol–water partition coefficient (Wildman–Crippen LogP) is 3.90. The SMILES string of the molecule is CCN(c1ccccc1)S(=O)(=O)c1ccc(C(=O)Nc2nnc(Cc3ccc4c(c3)OCCO4)o2)cc1. The van der Waals surface area contributed by atoms with Crippen LogP contribution in [0.5, 0.6) is 11.5 Å². The lowest BCUT2D eigenvalue weighted by Gasteiger charge is -2.22. The van der Waals surface area contributed by atoms with Gasteiger partial charge in [0.2, 0.25) is 5.89 Å². The smallest absolute Gasteiger partial charge is 0.322 e. The lowest BCUT2D eigenvalue weighted by atomic mass is 10.1. The Morgan fingerprint density at radius 1 is 0.946 bits per heavy atom. The Hall–Kier alpha value is -4.38. The van der Waals surface area contributed by atoms with E-state index in [1.807, 2.05) is 24.3 Å². The van der Waals surface area contributed by atoms with Crippen molar-refractivity contribution >= 4 is 27.6 Å². The minimum Gasteiger partial charge on any atom is -0.486 e. The average molecular weight is 521 g/mol. The quantitative estimate of drug-likeness (QED) is 0.371. The molecule has 0 atom stereocenters. The molecule has 1 amide bonds. The zero-order chi connectivity index (χ0) is 25.8. The number of benzene rings is 3. The molecule has 0 radical (unpaired) electrons. The van der Waals surface area contributed by atoms with Crippen molar-refractivity contribution in [3.63, 3.8) is 0 Å². The van der Waals surface area contributed by atoms with Crippen molar-refractivity contribution in [3.8, 4) is 11.5 Å². The summed E-state index contributed by atoms with van der Waals surface area (Å²) < 4.78 is 44.3. The van der Waals surface area contributed by atoms with E-state index in [0.29, 0.717) is 42.7 Å². The number of nitrogens with zero attached hydrogens (tertiary/aromatic N) is 3. The number of amides is 1. The van der Waals surface area contributed by atoms with Crippen LogP contribution in [0.1, 0.15) is 28.7 Å². The highest BCUT2D eigenvalue weighted by Gasteiger charge is 2.24. The van der Waals surface area contributed by atoms with Crippen LogP contribution < -0.4 is 19.1 Å². The maximum atomic E-state index is 13.1. The maximum absolute atomic E-state index is 13.1. The molecule has 1 aliphatic heterocycles. The minimum atomic E-state index is -3.79. The van der Waals surface area contributed by atoms with Gasteiger partial charge in [-0.15, -0.1) is 5.10 Å². The molecule has 37 heavy (non-hydrogen) atoms. The van der Waals surface area contributed by atoms with Gasteiger partial charge in [-0.05, 0) is 61.0 Å². The normalized spacial score (nSPS) is 12.7. The molecule has 1 N–H and O–H groups in total. The largest absolute Gasteiger partial charge is 0.486 e. The molecule has 190 valence electrons. The van der Waals surface area contributed by atoms with Crippen LogP contribution in [0, 0.1) is 0 Å². The highest BCUT2D eigenvalue weighted by Crippen LogP contribution is 2.31. The highest BCUT2D eigenvalue weighted by molar-refractivity contribution is 7.92. The molecule has 0 fully saturated rings. The Kier molecular flexibility index (Phi) is 6.78. The maximum Gasteiger partial charge on any atom is 0.322 e. The zero-order valence-electron chi connectivity index (χ0n) is 20.0. The molecule has 0 saturated heterocycles. The van der Waals surface area contributed by atoms with Gasteiger partial charge in [0.05, 0.1) is 17.0 Å². The highest BCUT2D eigenvalue weighted by atomic mass is 32.2. The van der Waals surface area contributed by atoms with Crippen molar-refractivity contribution in [2.45, 2.75) is 18.2 Å². The molecule has 0 aliphatic carbocycles. The fraction of sp³-hybridized carbons (Fsp3) is 0.192. The molecule has 10 nitrogen and oxygen atoms in total. The lowest BCUT2D eigenvalue weighted by Crippen LogP contribution is -2.30. The summed E-state index contributed by atoms with van der Waals surface area (Å²) in [5.41, 5.74) is 1.70. The molecule has 4 aromatic rings. The van der Waals surface area contributed by atoms with Gasteiger partial charge in [-0.3, -0.25) is 14.4 Å². The summed E-state index contributed by atoms with van der Waals surface area (Å²) in [7, 11) is -3.79. The number of hydrogen-bond donors (Lipinski definition) is 1. The molecule has 11 heteroatoms. The number of aromatic nitrogens is 2. The molecule has 3 aromatic carbocycles. The van der Waals surface area contributed by atoms with Crippen molar-refractivity contribution in [3.05, 3.63) is 89.8 Å². The number of anilines is 2. The number of fused-ring (bicyclic) bond motifs is 1. The number of para-hydroxylation sites is 1. The van der Waals surface area contributed by atoms with Gasteiger partial charge in [0, 0.05) is 12.1 Å². The summed E-state index contributed by atoms with van der Waals surface area (Å²) >= 11 is 0. The molecule has 0 spiro atoms. The first-order chi connectivity index (χ1) is 17.9. The molecular weight excluding hydrogens is 496 g/mol. The molecule has 5 rings (SSSR count). The van der Waals surface area contributed by atoms with Crippen LogP contribution >= 0.6 is 0 Å². The van der Waals surface area contributed by atoms with Gasteiger partial charge in [-0.1, -0.05) is 29.4 Å². The van der Waals surface area contributed by atoms with Crippen molar-refractivity contribution in [2.24, 2.45) is 0 Å². The minimum absolute atomic E-state index is 0.0597. The Labute approximate surface area is 213 Å². The number of carbonyl (C=O) groups excluding carboxylic acids is 1. The van der Waals surface area contributed by atoms with E-state index in [1.165, 1.54) is 28.6 Å². The van der Waals surface area contributed by atoms with Crippen molar-refractivity contribution in [1.29, 1.82) is 0 Å². The average Bonchev–Trinajstić information content (AvgIpc) is 3.36. The number of hydrogen-bond acceptors (Lipinski definition) is 8. The van der Waals surface area contributed by atoms with E-state index in [-0.39, 0.29) is 23.0 Å². The van der Waals surface area contributed by atoms with Crippen LogP contribution in [-0.2, 0) is 16.4 Å². The molecular formula is C26H24N4O6S. The first kappa shape index (κ1) is 24.3. The molecule has 0 unspecified atom stereocenters. The van der Waals surface area contributed by atoms with E-state index in [1.54, 1.807) is 31.2 Å². The predicted molar refractivity (Wildman–Crippen MR) is 136 cm³/mol. The Morgan fingerprint density at radius 2 is 1.68 bits per heavy atom. The molecule has 0 saturated carbocycles. The lowest BCUT2D eigenvalue weighted by molar-refractivity contribution is 0.102. The summed E-state index contributed by atoms with van der Waals surface area (Å²) in [5.74, 6) is 1.16. The third kappa shape index (κ3) is 5.26. The number of carbonyl (C=O) groups is 1. The summed E-state index contributed by atoms with van der Waals surface area (Å²) in [6.07, 6.45) is 0.349. The van der Waals surface area contributed by atoms with Crippen LogP contribution in [0.3, 0.4) is 0 Å². The second kappa shape index (κ2) is 10.3. The van der Waals surface area contributed by atoms with Gasteiger partial charge in [0.1, 0.15) is 13.2 Å². The number of ether oxygens (including phenoxy) is 2. The van der Waals surface area contributed by atoms with Crippen LogP contribution in [0.25, 0.3) is 0 Å².